The fraction of sp³-hybridized carbons (Fsp3) is 0.364. The van der Waals surface area contributed by atoms with Crippen LogP contribution in [0.15, 0.2) is 6.20 Å². The first-order chi connectivity index (χ1) is 8.02. The highest BCUT2D eigenvalue weighted by Crippen LogP contribution is 2.15. The average molecular weight is 239 g/mol. The van der Waals surface area contributed by atoms with E-state index in [9.17, 15) is 14.4 Å². The molecule has 0 aliphatic heterocycles. The van der Waals surface area contributed by atoms with Crippen molar-refractivity contribution in [3.05, 3.63) is 23.0 Å². The Kier molecular flexibility index (Phi) is 4.03. The third kappa shape index (κ3) is 2.52. The summed E-state index contributed by atoms with van der Waals surface area (Å²) in [6.07, 6.45) is 1.29. The zero-order valence-corrected chi connectivity index (χ0v) is 9.83. The molecule has 0 aliphatic carbocycles. The lowest BCUT2D eigenvalue weighted by atomic mass is 10.1. The standard InChI is InChI=1S/C11H13NO5/c1-4-17-11(15)9(13)7-5-12-8(6(7)2)10(14)16-3/h5,12H,4H2,1-3H3. The van der Waals surface area contributed by atoms with E-state index in [1.807, 2.05) is 0 Å². The van der Waals surface area contributed by atoms with Gasteiger partial charge in [-0.3, -0.25) is 4.79 Å². The molecule has 0 saturated heterocycles. The van der Waals surface area contributed by atoms with Crippen LogP contribution in [0.1, 0.15) is 33.3 Å². The Labute approximate surface area is 97.9 Å². The topological polar surface area (TPSA) is 85.5 Å². The normalized spacial score (nSPS) is 9.82. The van der Waals surface area contributed by atoms with Gasteiger partial charge in [0.1, 0.15) is 5.69 Å². The largest absolute Gasteiger partial charge is 0.464 e. The number of esters is 2. The van der Waals surface area contributed by atoms with E-state index >= 15 is 0 Å². The third-order valence-corrected chi connectivity index (χ3v) is 2.23. The van der Waals surface area contributed by atoms with E-state index in [0.29, 0.717) is 5.56 Å². The van der Waals surface area contributed by atoms with Crippen LogP contribution in [-0.2, 0) is 14.3 Å². The van der Waals surface area contributed by atoms with Crippen molar-refractivity contribution in [1.82, 2.24) is 4.98 Å². The van der Waals surface area contributed by atoms with Gasteiger partial charge in [0.25, 0.3) is 5.78 Å². The minimum Gasteiger partial charge on any atom is -0.464 e. The number of methoxy groups -OCH3 is 1. The van der Waals surface area contributed by atoms with E-state index < -0.39 is 17.7 Å². The van der Waals surface area contributed by atoms with E-state index in [2.05, 4.69) is 14.5 Å². The van der Waals surface area contributed by atoms with E-state index in [1.54, 1.807) is 13.8 Å². The lowest BCUT2D eigenvalue weighted by molar-refractivity contribution is -0.137. The van der Waals surface area contributed by atoms with Gasteiger partial charge in [-0.15, -0.1) is 0 Å². The monoisotopic (exact) mass is 239 g/mol. The number of rotatable bonds is 4. The molecule has 1 N–H and O–H groups in total. The highest BCUT2D eigenvalue weighted by molar-refractivity contribution is 6.41. The number of carbonyl (C=O) groups excluding carboxylic acids is 3. The van der Waals surface area contributed by atoms with Crippen LogP contribution < -0.4 is 0 Å². The molecule has 0 radical (unpaired) electrons. The van der Waals surface area contributed by atoms with Crippen molar-refractivity contribution in [1.29, 1.82) is 0 Å². The van der Waals surface area contributed by atoms with Gasteiger partial charge in [-0.1, -0.05) is 0 Å². The first-order valence-electron chi connectivity index (χ1n) is 5.00. The SMILES string of the molecule is CCOC(=O)C(=O)c1c[nH]c(C(=O)OC)c1C. The van der Waals surface area contributed by atoms with Crippen molar-refractivity contribution in [2.24, 2.45) is 0 Å². The number of aromatic nitrogens is 1. The molecular formula is C11H13NO5. The molecule has 0 unspecified atom stereocenters. The Morgan fingerprint density at radius 2 is 2.00 bits per heavy atom. The molecule has 0 atom stereocenters. The maximum absolute atomic E-state index is 11.6. The molecule has 0 aliphatic rings. The summed E-state index contributed by atoms with van der Waals surface area (Å²) in [4.78, 5) is 36.8. The number of carbonyl (C=O) groups is 3. The van der Waals surface area contributed by atoms with Gasteiger partial charge < -0.3 is 14.5 Å². The molecule has 6 nitrogen and oxygen atoms in total. The molecule has 0 fully saturated rings. The summed E-state index contributed by atoms with van der Waals surface area (Å²) in [7, 11) is 1.23. The number of H-pyrrole nitrogens is 1. The van der Waals surface area contributed by atoms with E-state index in [4.69, 9.17) is 0 Å². The second-order valence-corrected chi connectivity index (χ2v) is 3.24. The van der Waals surface area contributed by atoms with Crippen molar-refractivity contribution >= 4 is 17.7 Å². The summed E-state index contributed by atoms with van der Waals surface area (Å²) in [6.45, 7) is 3.28. The molecule has 1 rings (SSSR count). The predicted molar refractivity (Wildman–Crippen MR) is 57.8 cm³/mol. The quantitative estimate of drug-likeness (QED) is 0.478. The van der Waals surface area contributed by atoms with Gasteiger partial charge >= 0.3 is 11.9 Å². The first kappa shape index (κ1) is 13.0. The summed E-state index contributed by atoms with van der Waals surface area (Å²) in [6, 6.07) is 0. The number of nitrogens with one attached hydrogen (secondary N) is 1. The smallest absolute Gasteiger partial charge is 0.379 e. The van der Waals surface area contributed by atoms with Crippen molar-refractivity contribution in [3.8, 4) is 0 Å². The lowest BCUT2D eigenvalue weighted by Crippen LogP contribution is -2.18. The van der Waals surface area contributed by atoms with Crippen LogP contribution >= 0.6 is 0 Å². The second kappa shape index (κ2) is 5.29. The Bertz CT molecular complexity index is 460. The minimum absolute atomic E-state index is 0.115. The first-order valence-corrected chi connectivity index (χ1v) is 5.00. The second-order valence-electron chi connectivity index (χ2n) is 3.24. The maximum Gasteiger partial charge on any atom is 0.379 e. The van der Waals surface area contributed by atoms with Gasteiger partial charge in [-0.05, 0) is 19.4 Å². The molecule has 0 bridgehead atoms. The van der Waals surface area contributed by atoms with Crippen molar-refractivity contribution in [2.45, 2.75) is 13.8 Å². The Balaban J connectivity index is 3.01. The molecule has 0 saturated carbocycles. The number of hydrogen-bond donors (Lipinski definition) is 1. The third-order valence-electron chi connectivity index (χ3n) is 2.23. The molecule has 92 valence electrons. The molecule has 1 aromatic rings. The summed E-state index contributed by atoms with van der Waals surface area (Å²) in [5, 5.41) is 0. The number of ether oxygens (including phenoxy) is 2. The zero-order valence-electron chi connectivity index (χ0n) is 9.83. The summed E-state index contributed by atoms with van der Waals surface area (Å²) in [5.74, 6) is -2.31. The summed E-state index contributed by atoms with van der Waals surface area (Å²) in [5.41, 5.74) is 0.638. The van der Waals surface area contributed by atoms with Gasteiger partial charge in [0, 0.05) is 6.20 Å². The van der Waals surface area contributed by atoms with Crippen LogP contribution in [0.4, 0.5) is 0 Å². The van der Waals surface area contributed by atoms with E-state index in [1.165, 1.54) is 13.3 Å². The zero-order chi connectivity index (χ0) is 13.0. The van der Waals surface area contributed by atoms with Crippen LogP contribution in [0.25, 0.3) is 0 Å². The molecule has 17 heavy (non-hydrogen) atoms. The molecule has 6 heteroatoms. The van der Waals surface area contributed by atoms with Crippen LogP contribution in [0.5, 0.6) is 0 Å². The fourth-order valence-corrected chi connectivity index (χ4v) is 1.35. The van der Waals surface area contributed by atoms with Gasteiger partial charge in [0.15, 0.2) is 0 Å². The van der Waals surface area contributed by atoms with Crippen molar-refractivity contribution in [2.75, 3.05) is 13.7 Å². The Morgan fingerprint density at radius 1 is 1.35 bits per heavy atom. The highest BCUT2D eigenvalue weighted by atomic mass is 16.5. The van der Waals surface area contributed by atoms with Crippen LogP contribution in [0.3, 0.4) is 0 Å². The minimum atomic E-state index is -0.939. The molecule has 1 aromatic heterocycles. The van der Waals surface area contributed by atoms with Crippen LogP contribution in [0, 0.1) is 6.92 Å². The summed E-state index contributed by atoms with van der Waals surface area (Å²) < 4.78 is 9.11. The van der Waals surface area contributed by atoms with E-state index in [0.717, 1.165) is 0 Å². The lowest BCUT2D eigenvalue weighted by Gasteiger charge is -2.00. The Morgan fingerprint density at radius 3 is 2.53 bits per heavy atom. The molecular weight excluding hydrogens is 226 g/mol. The fourth-order valence-electron chi connectivity index (χ4n) is 1.35. The Hall–Kier alpha value is -2.11. The average Bonchev–Trinajstić information content (AvgIpc) is 2.69. The number of hydrogen-bond acceptors (Lipinski definition) is 5. The van der Waals surface area contributed by atoms with Crippen LogP contribution in [0.2, 0.25) is 0 Å². The number of aromatic amines is 1. The van der Waals surface area contributed by atoms with Gasteiger partial charge in [0.05, 0.1) is 19.3 Å². The molecule has 0 amide bonds. The van der Waals surface area contributed by atoms with Crippen LogP contribution in [-0.4, -0.2) is 36.4 Å². The number of ketones is 1. The predicted octanol–water partition coefficient (Wildman–Crippen LogP) is 0.856. The van der Waals surface area contributed by atoms with E-state index in [-0.39, 0.29) is 17.9 Å². The maximum atomic E-state index is 11.6. The number of Topliss-reactive ketones (excluding diaryl/α,β-unsaturated/α-hetero) is 1. The van der Waals surface area contributed by atoms with Gasteiger partial charge in [-0.2, -0.15) is 0 Å². The molecule has 1 heterocycles. The molecule has 0 spiro atoms. The van der Waals surface area contributed by atoms with Crippen molar-refractivity contribution in [3.63, 3.8) is 0 Å². The summed E-state index contributed by atoms with van der Waals surface area (Å²) >= 11 is 0. The highest BCUT2D eigenvalue weighted by Gasteiger charge is 2.24. The van der Waals surface area contributed by atoms with Gasteiger partial charge in [-0.25, -0.2) is 9.59 Å². The molecule has 0 aromatic carbocycles. The van der Waals surface area contributed by atoms with Gasteiger partial charge in [0.2, 0.25) is 0 Å². The van der Waals surface area contributed by atoms with Crippen molar-refractivity contribution < 1.29 is 23.9 Å².